The van der Waals surface area contributed by atoms with E-state index in [9.17, 15) is 9.59 Å². The highest BCUT2D eigenvalue weighted by Crippen LogP contribution is 2.45. The molecule has 178 valence electrons. The number of methoxy groups -OCH3 is 1. The zero-order valence-electron chi connectivity index (χ0n) is 18.8. The molecule has 2 aliphatic rings. The van der Waals surface area contributed by atoms with Crippen molar-refractivity contribution in [2.75, 3.05) is 7.11 Å². The van der Waals surface area contributed by atoms with Gasteiger partial charge < -0.3 is 14.5 Å². The minimum atomic E-state index is -0.940. The molecule has 0 amide bonds. The van der Waals surface area contributed by atoms with Gasteiger partial charge in [-0.15, -0.1) is 0 Å². The van der Waals surface area contributed by atoms with Crippen molar-refractivity contribution >= 4 is 46.3 Å². The van der Waals surface area contributed by atoms with E-state index in [1.54, 1.807) is 19.6 Å². The Morgan fingerprint density at radius 2 is 2.15 bits per heavy atom. The second-order valence-corrected chi connectivity index (χ2v) is 10.4. The number of esters is 1. The molecule has 2 unspecified atom stereocenters. The molecule has 10 heteroatoms. The minimum absolute atomic E-state index is 0.113. The molecule has 34 heavy (non-hydrogen) atoms. The molecule has 1 aliphatic heterocycles. The number of ether oxygens (including phenoxy) is 2. The number of carbonyl (C=O) groups is 2. The van der Waals surface area contributed by atoms with E-state index in [4.69, 9.17) is 21.1 Å². The normalized spacial score (nSPS) is 23.4. The number of aromatic nitrogens is 4. The molecule has 2 aromatic heterocycles. The maximum atomic E-state index is 13.3. The fourth-order valence-electron chi connectivity index (χ4n) is 5.09. The van der Waals surface area contributed by atoms with Crippen molar-refractivity contribution in [1.29, 1.82) is 0 Å². The fraction of sp³-hybridized carbons (Fsp3) is 0.458. The van der Waals surface area contributed by atoms with Crippen LogP contribution in [-0.4, -0.2) is 44.7 Å². The third-order valence-corrected chi connectivity index (χ3v) is 8.28. The van der Waals surface area contributed by atoms with E-state index in [0.717, 1.165) is 48.5 Å². The average molecular weight is 502 g/mol. The highest BCUT2D eigenvalue weighted by Gasteiger charge is 2.52. The largest absolute Gasteiger partial charge is 0.495 e. The van der Waals surface area contributed by atoms with Gasteiger partial charge >= 0.3 is 11.1 Å². The summed E-state index contributed by atoms with van der Waals surface area (Å²) in [6.07, 6.45) is 8.84. The molecule has 1 saturated heterocycles. The second-order valence-electron chi connectivity index (χ2n) is 8.92. The lowest BCUT2D eigenvalue weighted by atomic mass is 9.76. The van der Waals surface area contributed by atoms with Gasteiger partial charge in [0.25, 0.3) is 5.65 Å². The van der Waals surface area contributed by atoms with Gasteiger partial charge in [-0.1, -0.05) is 30.5 Å². The van der Waals surface area contributed by atoms with Crippen molar-refractivity contribution < 1.29 is 24.0 Å². The van der Waals surface area contributed by atoms with Crippen LogP contribution in [0.15, 0.2) is 35.9 Å². The van der Waals surface area contributed by atoms with Crippen molar-refractivity contribution in [3.05, 3.63) is 41.3 Å². The molecule has 8 nitrogen and oxygen atoms in total. The molecular formula is C24H26ClN4O4S+. The van der Waals surface area contributed by atoms with E-state index in [2.05, 4.69) is 19.9 Å². The standard InChI is InChI=1S/C24H25ClN4O4S/c1-32-19-7-6-14(10-16(19)25)8-9-24(15-4-2-3-5-15)11-18(30)20(22(31)33-24)34-23-26-12-17-21(29-23)28-13-27-17/h6-7,10,12-13,15,20H,2-5,8-9,11H2,1H3,(H,26,27,28,29)/p+1. The van der Waals surface area contributed by atoms with Crippen molar-refractivity contribution in [2.24, 2.45) is 5.92 Å². The van der Waals surface area contributed by atoms with E-state index in [1.807, 2.05) is 18.2 Å². The lowest BCUT2D eigenvalue weighted by Gasteiger charge is -2.42. The van der Waals surface area contributed by atoms with Crippen molar-refractivity contribution in [2.45, 2.75) is 61.0 Å². The second kappa shape index (κ2) is 9.54. The Hall–Kier alpha value is -2.65. The lowest BCUT2D eigenvalue weighted by molar-refractivity contribution is -0.431. The van der Waals surface area contributed by atoms with Crippen molar-refractivity contribution in [3.8, 4) is 5.75 Å². The first-order chi connectivity index (χ1) is 16.5. The van der Waals surface area contributed by atoms with Crippen LogP contribution in [0.3, 0.4) is 0 Å². The molecule has 1 aromatic carbocycles. The number of cyclic esters (lactones) is 1. The zero-order valence-corrected chi connectivity index (χ0v) is 20.4. The van der Waals surface area contributed by atoms with Gasteiger partial charge in [0, 0.05) is 6.42 Å². The number of benzene rings is 1. The number of nitrogens with zero attached hydrogens (tertiary/aromatic N) is 2. The van der Waals surface area contributed by atoms with Crippen LogP contribution in [-0.2, 0) is 20.7 Å². The smallest absolute Gasteiger partial charge is 0.360 e. The van der Waals surface area contributed by atoms with Crippen LogP contribution in [0.1, 0.15) is 44.1 Å². The SMILES string of the molecule is COc1ccc(CCC2(C3CCCC3)CC(=O)C(Sc3nc4nc[nH]c4c[nH+]3)C(=O)O2)cc1Cl. The Morgan fingerprint density at radius 3 is 2.88 bits per heavy atom. The first-order valence-electron chi connectivity index (χ1n) is 11.4. The Morgan fingerprint density at radius 1 is 1.32 bits per heavy atom. The van der Waals surface area contributed by atoms with Crippen LogP contribution in [0.2, 0.25) is 5.02 Å². The molecule has 3 heterocycles. The fourth-order valence-corrected chi connectivity index (χ4v) is 6.22. The zero-order chi connectivity index (χ0) is 23.7. The van der Waals surface area contributed by atoms with Gasteiger partial charge in [-0.3, -0.25) is 9.59 Å². The van der Waals surface area contributed by atoms with E-state index in [0.29, 0.717) is 34.4 Å². The molecule has 0 radical (unpaired) electrons. The number of H-pyrrole nitrogens is 2. The molecular weight excluding hydrogens is 476 g/mol. The van der Waals surface area contributed by atoms with Crippen molar-refractivity contribution in [1.82, 2.24) is 15.0 Å². The Kier molecular flexibility index (Phi) is 6.48. The number of fused-ring (bicyclic) bond motifs is 1. The monoisotopic (exact) mass is 501 g/mol. The molecule has 0 bridgehead atoms. The Labute approximate surface area is 206 Å². The number of carbonyl (C=O) groups excluding carboxylic acids is 2. The number of thioether (sulfide) groups is 1. The summed E-state index contributed by atoms with van der Waals surface area (Å²) in [6, 6.07) is 5.68. The topological polar surface area (TPSA) is 108 Å². The number of imidazole rings is 1. The lowest BCUT2D eigenvalue weighted by Crippen LogP contribution is -2.53. The van der Waals surface area contributed by atoms with E-state index >= 15 is 0 Å². The summed E-state index contributed by atoms with van der Waals surface area (Å²) in [4.78, 5) is 41.0. The highest BCUT2D eigenvalue weighted by molar-refractivity contribution is 8.01. The summed E-state index contributed by atoms with van der Waals surface area (Å²) in [5, 5.41) is 0.0574. The quantitative estimate of drug-likeness (QED) is 0.296. The summed E-state index contributed by atoms with van der Waals surface area (Å²) in [5.74, 6) is 0.204. The number of Topliss-reactive ketones (excluding diaryl/α,β-unsaturated/α-hetero) is 1. The number of hydrogen-bond donors (Lipinski definition) is 1. The van der Waals surface area contributed by atoms with Gasteiger partial charge in [0.1, 0.15) is 17.5 Å². The van der Waals surface area contributed by atoms with Gasteiger partial charge in [0.2, 0.25) is 0 Å². The van der Waals surface area contributed by atoms with E-state index in [-0.39, 0.29) is 18.1 Å². The predicted molar refractivity (Wildman–Crippen MR) is 127 cm³/mol. The van der Waals surface area contributed by atoms with Crippen molar-refractivity contribution in [3.63, 3.8) is 0 Å². The van der Waals surface area contributed by atoms with Crippen LogP contribution in [0.4, 0.5) is 0 Å². The van der Waals surface area contributed by atoms with Gasteiger partial charge in [0.05, 0.1) is 18.5 Å². The van der Waals surface area contributed by atoms with Gasteiger partial charge in [-0.2, -0.15) is 4.98 Å². The molecule has 2 N–H and O–H groups in total. The van der Waals surface area contributed by atoms with E-state index < -0.39 is 16.8 Å². The molecule has 1 aliphatic carbocycles. The number of aryl methyl sites for hydroxylation is 1. The predicted octanol–water partition coefficient (Wildman–Crippen LogP) is 3.97. The Bertz CT molecular complexity index is 1210. The molecule has 0 spiro atoms. The highest BCUT2D eigenvalue weighted by atomic mass is 35.5. The van der Waals surface area contributed by atoms with Crippen LogP contribution in [0.5, 0.6) is 5.75 Å². The average Bonchev–Trinajstić information content (AvgIpc) is 3.52. The Balaban J connectivity index is 1.34. The third-order valence-electron chi connectivity index (χ3n) is 6.86. The molecule has 2 atom stereocenters. The summed E-state index contributed by atoms with van der Waals surface area (Å²) >= 11 is 7.39. The van der Waals surface area contributed by atoms with Gasteiger partial charge in [0.15, 0.2) is 16.5 Å². The minimum Gasteiger partial charge on any atom is -0.495 e. The van der Waals surface area contributed by atoms with Crippen LogP contribution in [0.25, 0.3) is 11.2 Å². The summed E-state index contributed by atoms with van der Waals surface area (Å²) in [5.41, 5.74) is 1.52. The maximum Gasteiger partial charge on any atom is 0.360 e. The van der Waals surface area contributed by atoms with Gasteiger partial charge in [-0.25, -0.2) is 4.98 Å². The number of rotatable bonds is 7. The molecule has 3 aromatic rings. The number of ketones is 1. The first-order valence-corrected chi connectivity index (χ1v) is 12.7. The molecule has 2 fully saturated rings. The van der Waals surface area contributed by atoms with Crippen LogP contribution < -0.4 is 9.72 Å². The maximum absolute atomic E-state index is 13.3. The summed E-state index contributed by atoms with van der Waals surface area (Å²) < 4.78 is 11.4. The summed E-state index contributed by atoms with van der Waals surface area (Å²) in [6.45, 7) is 0. The van der Waals surface area contributed by atoms with Crippen LogP contribution in [0, 0.1) is 5.92 Å². The van der Waals surface area contributed by atoms with Crippen LogP contribution >= 0.6 is 23.4 Å². The number of halogens is 1. The molecule has 1 saturated carbocycles. The first kappa shape index (κ1) is 23.1. The number of aromatic amines is 2. The number of hydrogen-bond acceptors (Lipinski definition) is 7. The van der Waals surface area contributed by atoms with E-state index in [1.165, 1.54) is 0 Å². The third kappa shape index (κ3) is 4.51. The molecule has 5 rings (SSSR count). The van der Waals surface area contributed by atoms with Gasteiger partial charge in [-0.05, 0) is 66.0 Å². The summed E-state index contributed by atoms with van der Waals surface area (Å²) in [7, 11) is 1.58. The number of nitrogens with one attached hydrogen (secondary N) is 2.